The second-order valence-electron chi connectivity index (χ2n) is 9.99. The van der Waals surface area contributed by atoms with Crippen LogP contribution in [0.3, 0.4) is 0 Å². The van der Waals surface area contributed by atoms with Crippen molar-refractivity contribution >= 4 is 33.4 Å². The number of hydrogen-bond acceptors (Lipinski definition) is 6. The molecule has 9 nitrogen and oxygen atoms in total. The van der Waals surface area contributed by atoms with Crippen molar-refractivity contribution in [3.05, 3.63) is 48.0 Å². The smallest absolute Gasteiger partial charge is 0.411 e. The number of pyridine rings is 1. The number of likely N-dealkylation sites (tertiary alicyclic amines) is 1. The van der Waals surface area contributed by atoms with Gasteiger partial charge in [-0.1, -0.05) is 20.8 Å². The van der Waals surface area contributed by atoms with Gasteiger partial charge in [0.25, 0.3) is 10.0 Å². The molecule has 1 N–H and O–H groups in total. The summed E-state index contributed by atoms with van der Waals surface area (Å²) in [6.07, 6.45) is 2.30. The summed E-state index contributed by atoms with van der Waals surface area (Å²) in [6, 6.07) is 5.73. The van der Waals surface area contributed by atoms with E-state index < -0.39 is 21.9 Å². The second kappa shape index (κ2) is 9.44. The number of carbonyl (C=O) groups is 2. The summed E-state index contributed by atoms with van der Waals surface area (Å²) in [6.45, 7) is 6.58. The van der Waals surface area contributed by atoms with Crippen LogP contribution in [0.15, 0.2) is 41.4 Å². The number of aromatic nitrogens is 1. The Balaban J connectivity index is 1.67. The molecule has 0 radical (unpaired) electrons. The van der Waals surface area contributed by atoms with Gasteiger partial charge in [0.1, 0.15) is 5.82 Å². The Hall–Kier alpha value is -3.21. The third kappa shape index (κ3) is 5.55. The van der Waals surface area contributed by atoms with E-state index in [0.717, 1.165) is 18.6 Å². The van der Waals surface area contributed by atoms with Gasteiger partial charge in [-0.15, -0.1) is 0 Å². The Bertz CT molecular complexity index is 1230. The first kappa shape index (κ1) is 24.9. The Kier molecular flexibility index (Phi) is 6.72. The molecule has 3 heterocycles. The quantitative estimate of drug-likeness (QED) is 0.667. The number of ether oxygens (including phenoxy) is 1. The molecule has 0 spiro atoms. The Morgan fingerprint density at radius 1 is 1.26 bits per heavy atom. The summed E-state index contributed by atoms with van der Waals surface area (Å²) in [4.78, 5) is 30.7. The second-order valence-corrected chi connectivity index (χ2v) is 11.9. The maximum Gasteiger partial charge on any atom is 0.411 e. The van der Waals surface area contributed by atoms with E-state index in [2.05, 4.69) is 10.3 Å². The normalized spacial score (nSPS) is 18.4. The number of benzene rings is 1. The van der Waals surface area contributed by atoms with Crippen molar-refractivity contribution in [3.8, 4) is 0 Å². The van der Waals surface area contributed by atoms with Crippen LogP contribution in [0.25, 0.3) is 0 Å². The fraction of sp³-hybridized carbons (Fsp3) is 0.458. The molecule has 2 aliphatic heterocycles. The third-order valence-corrected chi connectivity index (χ3v) is 7.65. The average molecular weight is 505 g/mol. The van der Waals surface area contributed by atoms with Crippen LogP contribution in [0, 0.1) is 11.2 Å². The van der Waals surface area contributed by atoms with E-state index in [-0.39, 0.29) is 41.1 Å². The first-order valence-corrected chi connectivity index (χ1v) is 12.9. The van der Waals surface area contributed by atoms with Crippen molar-refractivity contribution in [1.82, 2.24) is 9.88 Å². The summed E-state index contributed by atoms with van der Waals surface area (Å²) in [5.74, 6) is -0.567. The summed E-state index contributed by atoms with van der Waals surface area (Å²) >= 11 is 0. The van der Waals surface area contributed by atoms with Gasteiger partial charge in [-0.05, 0) is 42.2 Å². The molecule has 2 amide bonds. The van der Waals surface area contributed by atoms with Gasteiger partial charge in [0.05, 0.1) is 47.4 Å². The lowest BCUT2D eigenvalue weighted by molar-refractivity contribution is -0.129. The van der Waals surface area contributed by atoms with Crippen LogP contribution in [0.2, 0.25) is 0 Å². The minimum absolute atomic E-state index is 0.0162. The van der Waals surface area contributed by atoms with Gasteiger partial charge < -0.3 is 9.64 Å². The lowest BCUT2D eigenvalue weighted by atomic mass is 9.99. The molecule has 1 aromatic carbocycles. The van der Waals surface area contributed by atoms with E-state index in [9.17, 15) is 22.4 Å². The zero-order valence-corrected chi connectivity index (χ0v) is 20.8. The van der Waals surface area contributed by atoms with Crippen molar-refractivity contribution in [2.45, 2.75) is 51.0 Å². The highest BCUT2D eigenvalue weighted by atomic mass is 32.2. The van der Waals surface area contributed by atoms with Crippen LogP contribution in [-0.2, 0) is 26.0 Å². The number of halogens is 1. The van der Waals surface area contributed by atoms with Gasteiger partial charge in [-0.25, -0.2) is 17.6 Å². The highest BCUT2D eigenvalue weighted by molar-refractivity contribution is 7.92. The highest BCUT2D eigenvalue weighted by Crippen LogP contribution is 2.35. The maximum absolute atomic E-state index is 13.6. The van der Waals surface area contributed by atoms with E-state index in [1.807, 2.05) is 20.8 Å². The molecule has 11 heteroatoms. The Labute approximate surface area is 204 Å². The molecule has 1 aromatic heterocycles. The molecule has 1 saturated heterocycles. The fourth-order valence-corrected chi connectivity index (χ4v) is 5.68. The summed E-state index contributed by atoms with van der Waals surface area (Å²) in [7, 11) is -4.10. The predicted molar refractivity (Wildman–Crippen MR) is 128 cm³/mol. The number of amides is 2. The fourth-order valence-electron chi connectivity index (χ4n) is 4.16. The molecule has 0 bridgehead atoms. The van der Waals surface area contributed by atoms with Gasteiger partial charge >= 0.3 is 6.09 Å². The number of anilines is 2. The lowest BCUT2D eigenvalue weighted by Crippen LogP contribution is -2.51. The summed E-state index contributed by atoms with van der Waals surface area (Å²) < 4.78 is 47.1. The summed E-state index contributed by atoms with van der Waals surface area (Å²) in [5.41, 5.74) is 0.844. The molecular formula is C24H29FN4O5S. The minimum Gasteiger partial charge on any atom is -0.449 e. The van der Waals surface area contributed by atoms with Crippen molar-refractivity contribution in [2.75, 3.05) is 29.3 Å². The molecule has 0 saturated carbocycles. The molecule has 0 unspecified atom stereocenters. The first-order chi connectivity index (χ1) is 16.4. The Morgan fingerprint density at radius 2 is 1.97 bits per heavy atom. The van der Waals surface area contributed by atoms with Gasteiger partial charge in [0.2, 0.25) is 5.91 Å². The molecular weight excluding hydrogens is 475 g/mol. The van der Waals surface area contributed by atoms with Crippen LogP contribution >= 0.6 is 0 Å². The zero-order chi connectivity index (χ0) is 25.4. The van der Waals surface area contributed by atoms with E-state index in [1.54, 1.807) is 4.90 Å². The van der Waals surface area contributed by atoms with Crippen molar-refractivity contribution in [3.63, 3.8) is 0 Å². The molecule has 1 atom stereocenters. The van der Waals surface area contributed by atoms with Crippen molar-refractivity contribution in [2.24, 2.45) is 5.41 Å². The first-order valence-electron chi connectivity index (χ1n) is 11.4. The number of sulfonamides is 1. The monoisotopic (exact) mass is 504 g/mol. The van der Waals surface area contributed by atoms with Crippen LogP contribution in [-0.4, -0.2) is 56.0 Å². The maximum atomic E-state index is 13.6. The summed E-state index contributed by atoms with van der Waals surface area (Å²) in [5, 5.41) is 2.60. The van der Waals surface area contributed by atoms with Crippen molar-refractivity contribution in [1.29, 1.82) is 0 Å². The van der Waals surface area contributed by atoms with Gasteiger partial charge in [0.15, 0.2) is 0 Å². The topological polar surface area (TPSA) is 109 Å². The largest absolute Gasteiger partial charge is 0.449 e. The molecule has 0 aliphatic carbocycles. The van der Waals surface area contributed by atoms with E-state index in [4.69, 9.17) is 4.74 Å². The molecule has 1 fully saturated rings. The molecule has 35 heavy (non-hydrogen) atoms. The Morgan fingerprint density at radius 3 is 2.60 bits per heavy atom. The zero-order valence-electron chi connectivity index (χ0n) is 20.0. The average Bonchev–Trinajstić information content (AvgIpc) is 3.22. The SMILES string of the molecule is CC(C)(C)COC(=O)Nc1cnc2c(c1)N(S(=O)(=O)c1ccc(F)cc1)C[C@@H](N1CCCC1=O)C2. The minimum atomic E-state index is -4.10. The van der Waals surface area contributed by atoms with E-state index >= 15 is 0 Å². The molecule has 4 rings (SSSR count). The van der Waals surface area contributed by atoms with Crippen LogP contribution in [0.1, 0.15) is 39.3 Å². The van der Waals surface area contributed by atoms with Crippen molar-refractivity contribution < 1.29 is 27.1 Å². The van der Waals surface area contributed by atoms with Gasteiger partial charge in [-0.3, -0.25) is 19.4 Å². The van der Waals surface area contributed by atoms with Crippen LogP contribution < -0.4 is 9.62 Å². The molecule has 2 aliphatic rings. The third-order valence-electron chi connectivity index (χ3n) is 5.86. The predicted octanol–water partition coefficient (Wildman–Crippen LogP) is 3.56. The van der Waals surface area contributed by atoms with Crippen LogP contribution in [0.5, 0.6) is 0 Å². The lowest BCUT2D eigenvalue weighted by Gasteiger charge is -2.38. The molecule has 188 valence electrons. The molecule has 2 aromatic rings. The highest BCUT2D eigenvalue weighted by Gasteiger charge is 2.39. The standard InChI is InChI=1S/C24H29FN4O5S/c1-24(2,3)15-34-23(31)27-17-11-21-20(26-13-17)12-18(28-10-4-5-22(28)30)14-29(21)35(32,33)19-8-6-16(25)7-9-19/h6-9,11,13,18H,4-5,10,12,14-15H2,1-3H3,(H,27,31)/t18-/m0/s1. The van der Waals surface area contributed by atoms with Crippen LogP contribution in [0.4, 0.5) is 20.6 Å². The van der Waals surface area contributed by atoms with Gasteiger partial charge in [-0.2, -0.15) is 0 Å². The number of hydrogen-bond donors (Lipinski definition) is 1. The number of nitrogens with zero attached hydrogens (tertiary/aromatic N) is 3. The number of nitrogens with one attached hydrogen (secondary N) is 1. The number of carbonyl (C=O) groups excluding carboxylic acids is 2. The van der Waals surface area contributed by atoms with E-state index in [1.165, 1.54) is 28.7 Å². The van der Waals surface area contributed by atoms with Gasteiger partial charge in [0, 0.05) is 19.4 Å². The number of rotatable bonds is 5. The number of fused-ring (bicyclic) bond motifs is 1. The van der Waals surface area contributed by atoms with E-state index in [0.29, 0.717) is 30.8 Å².